The number of rotatable bonds is 1. The van der Waals surface area contributed by atoms with Gasteiger partial charge in [0, 0.05) is 63.8 Å². The number of imidazole rings is 1. The van der Waals surface area contributed by atoms with Gasteiger partial charge in [-0.3, -0.25) is 0 Å². The minimum absolute atomic E-state index is 0. The van der Waals surface area contributed by atoms with Crippen LogP contribution in [0.25, 0.3) is 0 Å². The molecule has 0 bridgehead atoms. The number of aliphatic hydroxyl groups excluding tert-OH is 1. The molecule has 1 rings (SSSR count). The average molecular weight is 137 g/mol. The zero-order valence-corrected chi connectivity index (χ0v) is 7.88. The topological polar surface area (TPSA) is 48.9 Å². The van der Waals surface area contributed by atoms with Crippen LogP contribution in [0.2, 0.25) is 0 Å². The summed E-state index contributed by atoms with van der Waals surface area (Å²) in [5.74, 6) is 0.611. The summed E-state index contributed by atoms with van der Waals surface area (Å²) in [6.45, 7) is -0.00694. The van der Waals surface area contributed by atoms with Gasteiger partial charge in [0.05, 0.1) is 0 Å². The molecular formula is C4H6KN2O. The number of aliphatic hydroxyl groups is 1. The van der Waals surface area contributed by atoms with Gasteiger partial charge in [-0.2, -0.15) is 0 Å². The smallest absolute Gasteiger partial charge is 0.131 e. The Bertz CT molecular complexity index is 129. The van der Waals surface area contributed by atoms with Gasteiger partial charge in [0.25, 0.3) is 0 Å². The molecule has 0 aromatic carbocycles. The third-order valence-corrected chi connectivity index (χ3v) is 0.705. The number of nitrogens with zero attached hydrogens (tertiary/aromatic N) is 1. The van der Waals surface area contributed by atoms with Gasteiger partial charge in [0.1, 0.15) is 12.4 Å². The summed E-state index contributed by atoms with van der Waals surface area (Å²) >= 11 is 0. The predicted octanol–water partition coefficient (Wildman–Crippen LogP) is -0.479. The molecule has 0 saturated heterocycles. The first-order valence-electron chi connectivity index (χ1n) is 2.02. The molecule has 0 unspecified atom stereocenters. The van der Waals surface area contributed by atoms with E-state index in [1.165, 1.54) is 0 Å². The second-order valence-electron chi connectivity index (χ2n) is 1.19. The Morgan fingerprint density at radius 3 is 2.75 bits per heavy atom. The monoisotopic (exact) mass is 137 g/mol. The van der Waals surface area contributed by atoms with Gasteiger partial charge in [0.2, 0.25) is 0 Å². The average Bonchev–Trinajstić information content (AvgIpc) is 2.14. The molecule has 39 valence electrons. The minimum Gasteiger partial charge on any atom is -0.388 e. The molecule has 3 nitrogen and oxygen atoms in total. The van der Waals surface area contributed by atoms with Crippen molar-refractivity contribution in [3.63, 3.8) is 0 Å². The first-order chi connectivity index (χ1) is 3.43. The molecule has 4 heteroatoms. The van der Waals surface area contributed by atoms with Crippen molar-refractivity contribution in [2.45, 2.75) is 6.61 Å². The minimum atomic E-state index is -0.00694. The third kappa shape index (κ3) is 2.39. The maximum absolute atomic E-state index is 8.33. The Morgan fingerprint density at radius 2 is 2.50 bits per heavy atom. The van der Waals surface area contributed by atoms with Crippen molar-refractivity contribution in [1.29, 1.82) is 0 Å². The van der Waals surface area contributed by atoms with Crippen molar-refractivity contribution in [1.82, 2.24) is 9.97 Å². The number of aromatic amines is 1. The molecule has 0 aliphatic rings. The second-order valence-corrected chi connectivity index (χ2v) is 1.19. The molecule has 8 heavy (non-hydrogen) atoms. The zero-order valence-electron chi connectivity index (χ0n) is 4.76. The van der Waals surface area contributed by atoms with Crippen LogP contribution >= 0.6 is 0 Å². The van der Waals surface area contributed by atoms with Crippen LogP contribution in [0.5, 0.6) is 0 Å². The summed E-state index contributed by atoms with van der Waals surface area (Å²) < 4.78 is 0. The van der Waals surface area contributed by atoms with Gasteiger partial charge in [-0.05, 0) is 0 Å². The third-order valence-electron chi connectivity index (χ3n) is 0.705. The van der Waals surface area contributed by atoms with E-state index in [0.717, 1.165) is 0 Å². The van der Waals surface area contributed by atoms with Crippen molar-refractivity contribution in [3.05, 3.63) is 18.2 Å². The predicted molar refractivity (Wildman–Crippen MR) is 30.3 cm³/mol. The van der Waals surface area contributed by atoms with E-state index in [-0.39, 0.29) is 58.0 Å². The number of nitrogens with one attached hydrogen (secondary N) is 1. The van der Waals surface area contributed by atoms with E-state index in [0.29, 0.717) is 5.82 Å². The Kier molecular flexibility index (Phi) is 5.13. The van der Waals surface area contributed by atoms with Crippen LogP contribution in [0.3, 0.4) is 0 Å². The van der Waals surface area contributed by atoms with Crippen LogP contribution in [-0.4, -0.2) is 66.5 Å². The maximum atomic E-state index is 8.33. The van der Waals surface area contributed by atoms with Gasteiger partial charge >= 0.3 is 0 Å². The zero-order chi connectivity index (χ0) is 5.11. The molecule has 1 aromatic rings. The Labute approximate surface area is 89.9 Å². The van der Waals surface area contributed by atoms with E-state index in [2.05, 4.69) is 9.97 Å². The molecule has 0 aliphatic carbocycles. The molecule has 2 N–H and O–H groups in total. The Morgan fingerprint density at radius 1 is 1.75 bits per heavy atom. The fourth-order valence-corrected chi connectivity index (χ4v) is 0.384. The van der Waals surface area contributed by atoms with Crippen LogP contribution in [0.1, 0.15) is 5.82 Å². The van der Waals surface area contributed by atoms with Crippen LogP contribution in [0, 0.1) is 0 Å². The summed E-state index contributed by atoms with van der Waals surface area (Å²) in [5.41, 5.74) is 0. The summed E-state index contributed by atoms with van der Waals surface area (Å²) in [6, 6.07) is 0. The number of H-pyrrole nitrogens is 1. The Hall–Kier alpha value is 0.806. The van der Waals surface area contributed by atoms with E-state index in [9.17, 15) is 0 Å². The van der Waals surface area contributed by atoms with Crippen LogP contribution in [-0.2, 0) is 6.61 Å². The van der Waals surface area contributed by atoms with E-state index < -0.39 is 0 Å². The number of hydrogen-bond acceptors (Lipinski definition) is 2. The van der Waals surface area contributed by atoms with Crippen molar-refractivity contribution in [2.75, 3.05) is 0 Å². The number of hydrogen-bond donors (Lipinski definition) is 2. The molecular weight excluding hydrogens is 131 g/mol. The molecule has 0 saturated carbocycles. The summed E-state index contributed by atoms with van der Waals surface area (Å²) in [5, 5.41) is 8.33. The molecule has 0 fully saturated rings. The van der Waals surface area contributed by atoms with Gasteiger partial charge in [0.15, 0.2) is 0 Å². The molecule has 0 aliphatic heterocycles. The first kappa shape index (κ1) is 8.81. The van der Waals surface area contributed by atoms with Crippen molar-refractivity contribution in [2.24, 2.45) is 0 Å². The van der Waals surface area contributed by atoms with Gasteiger partial charge < -0.3 is 10.1 Å². The normalized spacial score (nSPS) is 8.12. The van der Waals surface area contributed by atoms with Crippen molar-refractivity contribution < 1.29 is 5.11 Å². The van der Waals surface area contributed by atoms with Gasteiger partial charge in [-0.25, -0.2) is 4.98 Å². The summed E-state index contributed by atoms with van der Waals surface area (Å²) in [7, 11) is 0. The van der Waals surface area contributed by atoms with E-state index in [1.807, 2.05) is 0 Å². The molecule has 1 heterocycles. The molecule has 0 atom stereocenters. The maximum Gasteiger partial charge on any atom is 0.131 e. The second kappa shape index (κ2) is 4.66. The largest absolute Gasteiger partial charge is 0.388 e. The fraction of sp³-hybridized carbons (Fsp3) is 0.250. The van der Waals surface area contributed by atoms with Gasteiger partial charge in [-0.15, -0.1) is 0 Å². The fourth-order valence-electron chi connectivity index (χ4n) is 0.384. The summed E-state index contributed by atoms with van der Waals surface area (Å²) in [4.78, 5) is 6.45. The van der Waals surface area contributed by atoms with Crippen molar-refractivity contribution >= 4 is 51.4 Å². The Balaban J connectivity index is 0.000000490. The molecule has 1 aromatic heterocycles. The summed E-state index contributed by atoms with van der Waals surface area (Å²) in [6.07, 6.45) is 3.27. The van der Waals surface area contributed by atoms with Crippen LogP contribution < -0.4 is 0 Å². The molecule has 0 amide bonds. The first-order valence-corrected chi connectivity index (χ1v) is 2.02. The van der Waals surface area contributed by atoms with E-state index in [4.69, 9.17) is 5.11 Å². The standard InChI is InChI=1S/C4H6N2O.K/c7-3-4-5-1-2-6-4;/h1-2,7H,3H2,(H,5,6);. The molecule has 0 spiro atoms. The SMILES string of the molecule is OCc1ncc[nH]1.[K]. The molecule has 1 radical (unpaired) electrons. The van der Waals surface area contributed by atoms with E-state index in [1.54, 1.807) is 12.4 Å². The van der Waals surface area contributed by atoms with E-state index >= 15 is 0 Å². The van der Waals surface area contributed by atoms with Crippen molar-refractivity contribution in [3.8, 4) is 0 Å². The van der Waals surface area contributed by atoms with Crippen LogP contribution in [0.4, 0.5) is 0 Å². The van der Waals surface area contributed by atoms with Gasteiger partial charge in [-0.1, -0.05) is 0 Å². The van der Waals surface area contributed by atoms with Crippen LogP contribution in [0.15, 0.2) is 12.4 Å². The number of aromatic nitrogens is 2. The quantitative estimate of drug-likeness (QED) is 0.514.